The molecule has 1 atom stereocenters. The summed E-state index contributed by atoms with van der Waals surface area (Å²) in [5.74, 6) is 0.994. The highest BCUT2D eigenvalue weighted by Gasteiger charge is 2.17. The van der Waals surface area contributed by atoms with Crippen molar-refractivity contribution < 1.29 is 0 Å². The molecule has 1 N–H and O–H groups in total. The summed E-state index contributed by atoms with van der Waals surface area (Å²) in [6, 6.07) is 0.621. The fraction of sp³-hybridized carbons (Fsp3) is 0.818. The monoisotopic (exact) mass is 223 g/mol. The van der Waals surface area contributed by atoms with E-state index in [-0.39, 0.29) is 0 Å². The molecule has 16 heavy (non-hydrogen) atoms. The Bertz CT molecular complexity index is 316. The molecule has 0 aromatic carbocycles. The molecular weight excluding hydrogens is 202 g/mol. The minimum atomic E-state index is 0.621. The van der Waals surface area contributed by atoms with Crippen molar-refractivity contribution in [2.45, 2.75) is 32.4 Å². The maximum Gasteiger partial charge on any atom is 0.146 e. The number of rotatable bonds is 5. The van der Waals surface area contributed by atoms with Gasteiger partial charge in [0.25, 0.3) is 0 Å². The van der Waals surface area contributed by atoms with Crippen molar-refractivity contribution >= 4 is 0 Å². The van der Waals surface area contributed by atoms with Crippen molar-refractivity contribution in [3.63, 3.8) is 0 Å². The van der Waals surface area contributed by atoms with Crippen LogP contribution in [-0.4, -0.2) is 45.3 Å². The third-order valence-electron chi connectivity index (χ3n) is 3.29. The molecule has 2 heterocycles. The summed E-state index contributed by atoms with van der Waals surface area (Å²) in [6.07, 6.45) is 4.45. The second-order valence-electron chi connectivity index (χ2n) is 4.58. The second-order valence-corrected chi connectivity index (χ2v) is 4.58. The molecule has 0 amide bonds. The van der Waals surface area contributed by atoms with Gasteiger partial charge < -0.3 is 9.88 Å². The zero-order valence-corrected chi connectivity index (χ0v) is 10.2. The van der Waals surface area contributed by atoms with E-state index in [0.717, 1.165) is 18.9 Å². The lowest BCUT2D eigenvalue weighted by Crippen LogP contribution is -2.38. The van der Waals surface area contributed by atoms with E-state index in [1.165, 1.54) is 25.9 Å². The van der Waals surface area contributed by atoms with Gasteiger partial charge in [0.15, 0.2) is 0 Å². The SMILES string of the molecule is CC(CNCc1nncn1C)N1CCCC1. The molecule has 1 unspecified atom stereocenters. The standard InChI is InChI=1S/C11H21N5/c1-10(16-5-3-4-6-16)7-12-8-11-14-13-9-15(11)2/h9-10,12H,3-8H2,1-2H3. The number of likely N-dealkylation sites (tertiary alicyclic amines) is 1. The molecule has 0 saturated carbocycles. The first-order valence-electron chi connectivity index (χ1n) is 6.05. The summed E-state index contributed by atoms with van der Waals surface area (Å²) in [6.45, 7) is 6.62. The largest absolute Gasteiger partial charge is 0.320 e. The first-order valence-corrected chi connectivity index (χ1v) is 6.05. The zero-order valence-electron chi connectivity index (χ0n) is 10.2. The number of hydrogen-bond donors (Lipinski definition) is 1. The van der Waals surface area contributed by atoms with E-state index in [4.69, 9.17) is 0 Å². The van der Waals surface area contributed by atoms with Gasteiger partial charge in [-0.25, -0.2) is 0 Å². The van der Waals surface area contributed by atoms with Crippen LogP contribution < -0.4 is 5.32 Å². The Morgan fingerprint density at radius 1 is 1.44 bits per heavy atom. The highest BCUT2D eigenvalue weighted by Crippen LogP contribution is 2.10. The van der Waals surface area contributed by atoms with Gasteiger partial charge in [0, 0.05) is 19.6 Å². The van der Waals surface area contributed by atoms with Gasteiger partial charge in [-0.2, -0.15) is 0 Å². The third kappa shape index (κ3) is 2.80. The highest BCUT2D eigenvalue weighted by molar-refractivity contribution is 4.84. The average molecular weight is 223 g/mol. The van der Waals surface area contributed by atoms with Crippen LogP contribution in [0.3, 0.4) is 0 Å². The van der Waals surface area contributed by atoms with Crippen LogP contribution in [0.5, 0.6) is 0 Å². The Kier molecular flexibility index (Phi) is 3.90. The Morgan fingerprint density at radius 3 is 2.81 bits per heavy atom. The van der Waals surface area contributed by atoms with Crippen molar-refractivity contribution in [3.8, 4) is 0 Å². The molecule has 5 nitrogen and oxygen atoms in total. The predicted octanol–water partition coefficient (Wildman–Crippen LogP) is 0.389. The van der Waals surface area contributed by atoms with Crippen LogP contribution in [0.25, 0.3) is 0 Å². The van der Waals surface area contributed by atoms with Crippen molar-refractivity contribution in [1.82, 2.24) is 25.0 Å². The van der Waals surface area contributed by atoms with E-state index < -0.39 is 0 Å². The maximum absolute atomic E-state index is 4.05. The normalized spacial score (nSPS) is 19.1. The predicted molar refractivity (Wildman–Crippen MR) is 63.0 cm³/mol. The van der Waals surface area contributed by atoms with Gasteiger partial charge in [0.1, 0.15) is 12.2 Å². The summed E-state index contributed by atoms with van der Waals surface area (Å²) < 4.78 is 1.95. The fourth-order valence-corrected chi connectivity index (χ4v) is 2.17. The fourth-order valence-electron chi connectivity index (χ4n) is 2.17. The van der Waals surface area contributed by atoms with Crippen molar-refractivity contribution in [1.29, 1.82) is 0 Å². The average Bonchev–Trinajstić information content (AvgIpc) is 2.90. The Balaban J connectivity index is 1.69. The molecule has 5 heteroatoms. The van der Waals surface area contributed by atoms with Crippen molar-refractivity contribution in [3.05, 3.63) is 12.2 Å². The first-order chi connectivity index (χ1) is 7.77. The van der Waals surface area contributed by atoms with Crippen LogP contribution in [0.1, 0.15) is 25.6 Å². The van der Waals surface area contributed by atoms with Crippen LogP contribution in [0.15, 0.2) is 6.33 Å². The highest BCUT2D eigenvalue weighted by atomic mass is 15.3. The number of nitrogens with zero attached hydrogens (tertiary/aromatic N) is 4. The Labute approximate surface area is 96.8 Å². The molecule has 0 radical (unpaired) electrons. The van der Waals surface area contributed by atoms with Gasteiger partial charge in [-0.05, 0) is 32.9 Å². The van der Waals surface area contributed by atoms with Crippen molar-refractivity contribution in [2.75, 3.05) is 19.6 Å². The van der Waals surface area contributed by atoms with Crippen LogP contribution in [0, 0.1) is 0 Å². The molecule has 1 aliphatic rings. The Hall–Kier alpha value is -0.940. The second kappa shape index (κ2) is 5.41. The van der Waals surface area contributed by atoms with Gasteiger partial charge in [-0.1, -0.05) is 0 Å². The smallest absolute Gasteiger partial charge is 0.146 e. The molecule has 0 bridgehead atoms. The van der Waals surface area contributed by atoms with E-state index in [9.17, 15) is 0 Å². The van der Waals surface area contributed by atoms with Crippen LogP contribution in [0.2, 0.25) is 0 Å². The summed E-state index contributed by atoms with van der Waals surface area (Å²) in [5.41, 5.74) is 0. The molecular formula is C11H21N5. The van der Waals surface area contributed by atoms with E-state index in [1.54, 1.807) is 6.33 Å². The number of aromatic nitrogens is 3. The van der Waals surface area contributed by atoms with Gasteiger partial charge in [-0.15, -0.1) is 10.2 Å². The molecule has 1 fully saturated rings. The van der Waals surface area contributed by atoms with Gasteiger partial charge in [0.05, 0.1) is 6.54 Å². The first kappa shape index (κ1) is 11.5. The van der Waals surface area contributed by atoms with E-state index in [1.807, 2.05) is 11.6 Å². The maximum atomic E-state index is 4.05. The zero-order chi connectivity index (χ0) is 11.4. The molecule has 1 aromatic heterocycles. The quantitative estimate of drug-likeness (QED) is 0.784. The molecule has 0 spiro atoms. The van der Waals surface area contributed by atoms with Crippen molar-refractivity contribution in [2.24, 2.45) is 7.05 Å². The third-order valence-corrected chi connectivity index (χ3v) is 3.29. The van der Waals surface area contributed by atoms with Crippen LogP contribution in [0.4, 0.5) is 0 Å². The Morgan fingerprint density at radius 2 is 2.19 bits per heavy atom. The number of hydrogen-bond acceptors (Lipinski definition) is 4. The molecule has 1 saturated heterocycles. The van der Waals surface area contributed by atoms with E-state index in [2.05, 4.69) is 27.3 Å². The number of nitrogens with one attached hydrogen (secondary N) is 1. The van der Waals surface area contributed by atoms with E-state index in [0.29, 0.717) is 6.04 Å². The summed E-state index contributed by atoms with van der Waals surface area (Å²) in [4.78, 5) is 2.55. The summed E-state index contributed by atoms with van der Waals surface area (Å²) in [7, 11) is 1.97. The number of aryl methyl sites for hydroxylation is 1. The van der Waals surface area contributed by atoms with Gasteiger partial charge in [-0.3, -0.25) is 4.90 Å². The van der Waals surface area contributed by atoms with E-state index >= 15 is 0 Å². The summed E-state index contributed by atoms with van der Waals surface area (Å²) >= 11 is 0. The molecule has 1 aliphatic heterocycles. The van der Waals surface area contributed by atoms with Crippen LogP contribution in [-0.2, 0) is 13.6 Å². The summed E-state index contributed by atoms with van der Waals surface area (Å²) in [5, 5.41) is 11.3. The molecule has 2 rings (SSSR count). The lowest BCUT2D eigenvalue weighted by atomic mass is 10.3. The lowest BCUT2D eigenvalue weighted by molar-refractivity contribution is 0.251. The van der Waals surface area contributed by atoms with Gasteiger partial charge >= 0.3 is 0 Å². The molecule has 1 aromatic rings. The lowest BCUT2D eigenvalue weighted by Gasteiger charge is -2.23. The minimum Gasteiger partial charge on any atom is -0.320 e. The molecule has 0 aliphatic carbocycles. The van der Waals surface area contributed by atoms with Gasteiger partial charge in [0.2, 0.25) is 0 Å². The topological polar surface area (TPSA) is 46.0 Å². The van der Waals surface area contributed by atoms with Crippen LogP contribution >= 0.6 is 0 Å². The molecule has 90 valence electrons. The minimum absolute atomic E-state index is 0.621.